The molecule has 0 saturated heterocycles. The number of hydrogen-bond donors (Lipinski definition) is 2. The Morgan fingerprint density at radius 2 is 2.08 bits per heavy atom. The number of rotatable bonds is 7. The number of fused-ring (bicyclic) bond motifs is 1. The molecule has 0 aliphatic carbocycles. The van der Waals surface area contributed by atoms with Crippen molar-refractivity contribution in [2.45, 2.75) is 25.3 Å². The summed E-state index contributed by atoms with van der Waals surface area (Å²) < 4.78 is 1.69. The molecule has 7 nitrogen and oxygen atoms in total. The van der Waals surface area contributed by atoms with Crippen LogP contribution in [0.1, 0.15) is 18.4 Å². The molecule has 1 atom stereocenters. The Balaban J connectivity index is 1.83. The molecule has 0 aliphatic rings. The fraction of sp³-hybridized carbons (Fsp3) is 0.294. The second-order valence-electron chi connectivity index (χ2n) is 5.69. The number of nitrogens with zero attached hydrogens (tertiary/aromatic N) is 4. The molecule has 24 heavy (non-hydrogen) atoms. The number of benzene rings is 1. The van der Waals surface area contributed by atoms with Crippen molar-refractivity contribution in [3.8, 4) is 0 Å². The van der Waals surface area contributed by atoms with Gasteiger partial charge in [-0.15, -0.1) is 0 Å². The standard InChI is InChI=1S/C17H19N5O2/c1-22-17-14(10-20-22)16(18-11-19-17)21-13(7-8-15(23)24)9-12-5-3-2-4-6-12/h2-6,10-11,13H,7-9H2,1H3,(H,23,24)(H,18,19,21). The highest BCUT2D eigenvalue weighted by Gasteiger charge is 2.15. The third-order valence-corrected chi connectivity index (χ3v) is 3.90. The van der Waals surface area contributed by atoms with Gasteiger partial charge in [-0.05, 0) is 18.4 Å². The van der Waals surface area contributed by atoms with Crippen molar-refractivity contribution >= 4 is 22.8 Å². The monoisotopic (exact) mass is 325 g/mol. The number of carboxylic acids is 1. The minimum atomic E-state index is -0.802. The highest BCUT2D eigenvalue weighted by Crippen LogP contribution is 2.20. The molecule has 2 aromatic heterocycles. The lowest BCUT2D eigenvalue weighted by Gasteiger charge is -2.19. The average Bonchev–Trinajstić information content (AvgIpc) is 2.96. The van der Waals surface area contributed by atoms with E-state index in [1.54, 1.807) is 10.9 Å². The molecule has 0 fully saturated rings. The van der Waals surface area contributed by atoms with Gasteiger partial charge in [-0.2, -0.15) is 5.10 Å². The van der Waals surface area contributed by atoms with E-state index in [2.05, 4.69) is 20.4 Å². The van der Waals surface area contributed by atoms with Gasteiger partial charge >= 0.3 is 5.97 Å². The molecule has 2 heterocycles. The van der Waals surface area contributed by atoms with Crippen LogP contribution in [0.5, 0.6) is 0 Å². The van der Waals surface area contributed by atoms with Gasteiger partial charge in [-0.25, -0.2) is 9.97 Å². The molecule has 0 spiro atoms. The van der Waals surface area contributed by atoms with Crippen LogP contribution in [-0.4, -0.2) is 36.9 Å². The van der Waals surface area contributed by atoms with Crippen LogP contribution < -0.4 is 5.32 Å². The van der Waals surface area contributed by atoms with Crippen LogP contribution in [0.3, 0.4) is 0 Å². The maximum Gasteiger partial charge on any atom is 0.303 e. The zero-order valence-electron chi connectivity index (χ0n) is 13.4. The molecular formula is C17H19N5O2. The van der Waals surface area contributed by atoms with E-state index < -0.39 is 5.97 Å². The van der Waals surface area contributed by atoms with Crippen molar-refractivity contribution in [2.24, 2.45) is 7.05 Å². The number of carbonyl (C=O) groups is 1. The molecule has 0 amide bonds. The molecule has 0 radical (unpaired) electrons. The van der Waals surface area contributed by atoms with E-state index in [1.807, 2.05) is 37.4 Å². The maximum absolute atomic E-state index is 11.0. The van der Waals surface area contributed by atoms with E-state index in [0.717, 1.165) is 23.0 Å². The van der Waals surface area contributed by atoms with Crippen molar-refractivity contribution < 1.29 is 9.90 Å². The molecule has 3 rings (SSSR count). The van der Waals surface area contributed by atoms with E-state index in [-0.39, 0.29) is 12.5 Å². The van der Waals surface area contributed by atoms with Crippen LogP contribution in [0.15, 0.2) is 42.9 Å². The lowest BCUT2D eigenvalue weighted by Crippen LogP contribution is -2.24. The molecule has 0 bridgehead atoms. The first-order valence-corrected chi connectivity index (χ1v) is 7.78. The second-order valence-corrected chi connectivity index (χ2v) is 5.69. The number of anilines is 1. The summed E-state index contributed by atoms with van der Waals surface area (Å²) in [5.74, 6) is -0.122. The van der Waals surface area contributed by atoms with Crippen LogP contribution in [0.25, 0.3) is 11.0 Å². The van der Waals surface area contributed by atoms with Gasteiger partial charge in [0.2, 0.25) is 0 Å². The van der Waals surface area contributed by atoms with Crippen LogP contribution in [0.2, 0.25) is 0 Å². The molecule has 0 saturated carbocycles. The van der Waals surface area contributed by atoms with Gasteiger partial charge in [-0.3, -0.25) is 9.48 Å². The first-order valence-electron chi connectivity index (χ1n) is 7.78. The average molecular weight is 325 g/mol. The summed E-state index contributed by atoms with van der Waals surface area (Å²) in [6.45, 7) is 0. The molecule has 3 aromatic rings. The number of nitrogens with one attached hydrogen (secondary N) is 1. The second kappa shape index (κ2) is 7.08. The van der Waals surface area contributed by atoms with E-state index in [0.29, 0.717) is 12.2 Å². The molecule has 124 valence electrons. The van der Waals surface area contributed by atoms with E-state index >= 15 is 0 Å². The summed E-state index contributed by atoms with van der Waals surface area (Å²) in [5.41, 5.74) is 1.89. The van der Waals surface area contributed by atoms with Gasteiger partial charge in [0.25, 0.3) is 0 Å². The Morgan fingerprint density at radius 1 is 1.29 bits per heavy atom. The Hall–Kier alpha value is -2.96. The minimum absolute atomic E-state index is 0.0400. The van der Waals surface area contributed by atoms with E-state index in [4.69, 9.17) is 5.11 Å². The maximum atomic E-state index is 11.0. The Morgan fingerprint density at radius 3 is 2.83 bits per heavy atom. The summed E-state index contributed by atoms with van der Waals surface area (Å²) in [6.07, 6.45) is 4.54. The minimum Gasteiger partial charge on any atom is -0.481 e. The Bertz CT molecular complexity index is 831. The number of hydrogen-bond acceptors (Lipinski definition) is 5. The summed E-state index contributed by atoms with van der Waals surface area (Å²) in [7, 11) is 1.82. The highest BCUT2D eigenvalue weighted by atomic mass is 16.4. The fourth-order valence-electron chi connectivity index (χ4n) is 2.69. The molecule has 1 aromatic carbocycles. The van der Waals surface area contributed by atoms with Crippen molar-refractivity contribution in [1.29, 1.82) is 0 Å². The molecule has 1 unspecified atom stereocenters. The van der Waals surface area contributed by atoms with Crippen molar-refractivity contribution in [1.82, 2.24) is 19.7 Å². The zero-order valence-corrected chi connectivity index (χ0v) is 13.4. The highest BCUT2D eigenvalue weighted by molar-refractivity contribution is 5.86. The Kier molecular flexibility index (Phi) is 4.69. The van der Waals surface area contributed by atoms with Crippen LogP contribution in [0.4, 0.5) is 5.82 Å². The first-order chi connectivity index (χ1) is 11.6. The number of carboxylic acid groups (broad SMARTS) is 1. The summed E-state index contributed by atoms with van der Waals surface area (Å²) in [6, 6.07) is 9.96. The predicted molar refractivity (Wildman–Crippen MR) is 90.7 cm³/mol. The van der Waals surface area contributed by atoms with E-state index in [9.17, 15) is 4.79 Å². The van der Waals surface area contributed by atoms with Gasteiger partial charge in [0.05, 0.1) is 11.6 Å². The van der Waals surface area contributed by atoms with Gasteiger partial charge in [0.1, 0.15) is 12.1 Å². The van der Waals surface area contributed by atoms with Gasteiger partial charge < -0.3 is 10.4 Å². The lowest BCUT2D eigenvalue weighted by atomic mass is 10.0. The quantitative estimate of drug-likeness (QED) is 0.692. The number of aromatic nitrogens is 4. The van der Waals surface area contributed by atoms with Crippen molar-refractivity contribution in [2.75, 3.05) is 5.32 Å². The first kappa shape index (κ1) is 15.9. The van der Waals surface area contributed by atoms with Crippen molar-refractivity contribution in [3.05, 3.63) is 48.4 Å². The third kappa shape index (κ3) is 3.68. The molecule has 7 heteroatoms. The van der Waals surface area contributed by atoms with Crippen LogP contribution in [-0.2, 0) is 18.3 Å². The summed E-state index contributed by atoms with van der Waals surface area (Å²) in [5, 5.41) is 17.4. The summed E-state index contributed by atoms with van der Waals surface area (Å²) in [4.78, 5) is 19.5. The SMILES string of the molecule is Cn1ncc2c(NC(CCC(=O)O)Cc3ccccc3)ncnc21. The largest absolute Gasteiger partial charge is 0.481 e. The van der Waals surface area contributed by atoms with Crippen molar-refractivity contribution in [3.63, 3.8) is 0 Å². The topological polar surface area (TPSA) is 92.9 Å². The number of aliphatic carboxylic acids is 1. The third-order valence-electron chi connectivity index (χ3n) is 3.90. The Labute approximate surface area is 139 Å². The summed E-state index contributed by atoms with van der Waals surface area (Å²) >= 11 is 0. The number of aryl methyl sites for hydroxylation is 1. The zero-order chi connectivity index (χ0) is 16.9. The normalized spacial score (nSPS) is 12.2. The van der Waals surface area contributed by atoms with Gasteiger partial charge in [-0.1, -0.05) is 30.3 Å². The van der Waals surface area contributed by atoms with Crippen LogP contribution in [0, 0.1) is 0 Å². The van der Waals surface area contributed by atoms with E-state index in [1.165, 1.54) is 6.33 Å². The van der Waals surface area contributed by atoms with Crippen LogP contribution >= 0.6 is 0 Å². The molecule has 2 N–H and O–H groups in total. The molecular weight excluding hydrogens is 306 g/mol. The lowest BCUT2D eigenvalue weighted by molar-refractivity contribution is -0.137. The smallest absolute Gasteiger partial charge is 0.303 e. The molecule has 0 aliphatic heterocycles. The fourth-order valence-corrected chi connectivity index (χ4v) is 2.69. The van der Waals surface area contributed by atoms with Gasteiger partial charge in [0, 0.05) is 19.5 Å². The van der Waals surface area contributed by atoms with Gasteiger partial charge in [0.15, 0.2) is 5.65 Å². The predicted octanol–water partition coefficient (Wildman–Crippen LogP) is 2.25.